The van der Waals surface area contributed by atoms with Crippen molar-refractivity contribution in [2.75, 3.05) is 0 Å². The van der Waals surface area contributed by atoms with Crippen molar-refractivity contribution in [2.45, 2.75) is 39.2 Å². The van der Waals surface area contributed by atoms with Crippen LogP contribution in [0.25, 0.3) is 10.8 Å². The predicted octanol–water partition coefficient (Wildman–Crippen LogP) is 4.37. The summed E-state index contributed by atoms with van der Waals surface area (Å²) in [5.74, 6) is 1.22. The van der Waals surface area contributed by atoms with Gasteiger partial charge < -0.3 is 4.74 Å². The third kappa shape index (κ3) is 1.91. The topological polar surface area (TPSA) is 26.3 Å². The summed E-state index contributed by atoms with van der Waals surface area (Å²) < 4.78 is 6.11. The van der Waals surface area contributed by atoms with E-state index in [-0.39, 0.29) is 11.5 Å². The van der Waals surface area contributed by atoms with E-state index in [1.54, 1.807) is 0 Å². The second-order valence-electron chi connectivity index (χ2n) is 5.61. The summed E-state index contributed by atoms with van der Waals surface area (Å²) in [6, 6.07) is 14.4. The lowest BCUT2D eigenvalue weighted by Crippen LogP contribution is -2.56. The van der Waals surface area contributed by atoms with E-state index in [1.807, 2.05) is 18.2 Å². The maximum absolute atomic E-state index is 11.9. The Labute approximate surface area is 119 Å². The highest BCUT2D eigenvalue weighted by atomic mass is 16.5. The number of ketones is 1. The predicted molar refractivity (Wildman–Crippen MR) is 81.0 cm³/mol. The first-order valence-corrected chi connectivity index (χ1v) is 7.38. The van der Waals surface area contributed by atoms with E-state index < -0.39 is 0 Å². The van der Waals surface area contributed by atoms with Crippen LogP contribution >= 0.6 is 0 Å². The van der Waals surface area contributed by atoms with E-state index >= 15 is 0 Å². The molecule has 1 atom stereocenters. The summed E-state index contributed by atoms with van der Waals surface area (Å²) >= 11 is 0. The fourth-order valence-electron chi connectivity index (χ4n) is 3.27. The van der Waals surface area contributed by atoms with Crippen molar-refractivity contribution in [1.29, 1.82) is 0 Å². The molecule has 0 aliphatic heterocycles. The minimum atomic E-state index is -0.258. The summed E-state index contributed by atoms with van der Waals surface area (Å²) in [5.41, 5.74) is -0.258. The molecule has 1 aliphatic rings. The maximum Gasteiger partial charge on any atom is 0.146 e. The second kappa shape index (κ2) is 4.93. The van der Waals surface area contributed by atoms with E-state index in [4.69, 9.17) is 4.74 Å². The molecule has 1 unspecified atom stereocenters. The van der Waals surface area contributed by atoms with Crippen LogP contribution in [-0.4, -0.2) is 11.9 Å². The Balaban J connectivity index is 1.85. The lowest BCUT2D eigenvalue weighted by atomic mass is 9.61. The Kier molecular flexibility index (Phi) is 3.25. The van der Waals surface area contributed by atoms with Crippen LogP contribution in [0.1, 0.15) is 33.1 Å². The van der Waals surface area contributed by atoms with Crippen LogP contribution in [0.3, 0.4) is 0 Å². The van der Waals surface area contributed by atoms with Gasteiger partial charge in [-0.25, -0.2) is 0 Å². The Bertz CT molecular complexity index is 641. The molecule has 1 aliphatic carbocycles. The SMILES string of the molecule is CCC1(CC)C(=O)CC1Oc1ccc2ccccc2c1. The summed E-state index contributed by atoms with van der Waals surface area (Å²) in [4.78, 5) is 11.9. The minimum Gasteiger partial charge on any atom is -0.489 e. The highest BCUT2D eigenvalue weighted by Gasteiger charge is 2.53. The molecule has 0 saturated heterocycles. The molecule has 2 aromatic carbocycles. The molecule has 3 rings (SSSR count). The van der Waals surface area contributed by atoms with Gasteiger partial charge in [-0.15, -0.1) is 0 Å². The average Bonchev–Trinajstić information content (AvgIpc) is 2.48. The summed E-state index contributed by atoms with van der Waals surface area (Å²) in [6.07, 6.45) is 2.31. The first kappa shape index (κ1) is 13.2. The van der Waals surface area contributed by atoms with Gasteiger partial charge in [-0.1, -0.05) is 44.2 Å². The van der Waals surface area contributed by atoms with Crippen molar-refractivity contribution < 1.29 is 9.53 Å². The Morgan fingerprint density at radius 3 is 2.45 bits per heavy atom. The average molecular weight is 268 g/mol. The first-order valence-electron chi connectivity index (χ1n) is 7.38. The summed E-state index contributed by atoms with van der Waals surface area (Å²) in [5, 5.41) is 2.39. The van der Waals surface area contributed by atoms with Crippen LogP contribution in [-0.2, 0) is 4.79 Å². The van der Waals surface area contributed by atoms with Gasteiger partial charge in [0.15, 0.2) is 0 Å². The number of hydrogen-bond donors (Lipinski definition) is 0. The molecule has 0 heterocycles. The van der Waals surface area contributed by atoms with E-state index in [9.17, 15) is 4.79 Å². The lowest BCUT2D eigenvalue weighted by Gasteiger charge is -2.46. The summed E-state index contributed by atoms with van der Waals surface area (Å²) in [6.45, 7) is 4.16. The van der Waals surface area contributed by atoms with Gasteiger partial charge in [-0.3, -0.25) is 4.79 Å². The molecule has 2 nitrogen and oxygen atoms in total. The Morgan fingerprint density at radius 1 is 1.10 bits per heavy atom. The quantitative estimate of drug-likeness (QED) is 0.823. The zero-order valence-corrected chi connectivity index (χ0v) is 12.1. The summed E-state index contributed by atoms with van der Waals surface area (Å²) in [7, 11) is 0. The minimum absolute atomic E-state index is 0.0335. The molecule has 0 amide bonds. The monoisotopic (exact) mass is 268 g/mol. The van der Waals surface area contributed by atoms with Crippen molar-refractivity contribution in [3.63, 3.8) is 0 Å². The highest BCUT2D eigenvalue weighted by molar-refractivity contribution is 5.92. The Hall–Kier alpha value is -1.83. The molecule has 0 spiro atoms. The third-order valence-corrected chi connectivity index (χ3v) is 4.80. The normalized spacial score (nSPS) is 20.7. The number of rotatable bonds is 4. The van der Waals surface area contributed by atoms with Gasteiger partial charge in [0.1, 0.15) is 17.6 Å². The number of carbonyl (C=O) groups excluding carboxylic acids is 1. The van der Waals surface area contributed by atoms with Gasteiger partial charge in [0, 0.05) is 6.42 Å². The van der Waals surface area contributed by atoms with E-state index in [2.05, 4.69) is 38.1 Å². The van der Waals surface area contributed by atoms with Gasteiger partial charge in [-0.05, 0) is 35.7 Å². The standard InChI is InChI=1S/C18H20O2/c1-3-18(4-2)16(19)12-17(18)20-15-10-9-13-7-5-6-8-14(13)11-15/h5-11,17H,3-4,12H2,1-2H3. The lowest BCUT2D eigenvalue weighted by molar-refractivity contribution is -0.153. The van der Waals surface area contributed by atoms with Gasteiger partial charge in [-0.2, -0.15) is 0 Å². The zero-order valence-electron chi connectivity index (χ0n) is 12.1. The van der Waals surface area contributed by atoms with Gasteiger partial charge in [0.2, 0.25) is 0 Å². The molecule has 0 bridgehead atoms. The smallest absolute Gasteiger partial charge is 0.146 e. The van der Waals surface area contributed by atoms with Crippen LogP contribution in [0.4, 0.5) is 0 Å². The van der Waals surface area contributed by atoms with Crippen LogP contribution in [0, 0.1) is 5.41 Å². The fourth-order valence-corrected chi connectivity index (χ4v) is 3.27. The van der Waals surface area contributed by atoms with Crippen molar-refractivity contribution in [3.05, 3.63) is 42.5 Å². The van der Waals surface area contributed by atoms with Crippen molar-refractivity contribution in [3.8, 4) is 5.75 Å². The molecule has 1 saturated carbocycles. The largest absolute Gasteiger partial charge is 0.489 e. The number of benzene rings is 2. The zero-order chi connectivity index (χ0) is 14.2. The van der Waals surface area contributed by atoms with Crippen LogP contribution in [0.2, 0.25) is 0 Å². The third-order valence-electron chi connectivity index (χ3n) is 4.80. The van der Waals surface area contributed by atoms with Gasteiger partial charge >= 0.3 is 0 Å². The molecular formula is C18H20O2. The molecule has 0 N–H and O–H groups in total. The molecule has 1 fully saturated rings. The molecular weight excluding hydrogens is 248 g/mol. The van der Waals surface area contributed by atoms with Gasteiger partial charge in [0.25, 0.3) is 0 Å². The molecule has 20 heavy (non-hydrogen) atoms. The van der Waals surface area contributed by atoms with E-state index in [1.165, 1.54) is 10.8 Å². The van der Waals surface area contributed by atoms with Crippen molar-refractivity contribution in [2.24, 2.45) is 5.41 Å². The number of ether oxygens (including phenoxy) is 1. The number of carbonyl (C=O) groups is 1. The van der Waals surface area contributed by atoms with Crippen LogP contribution in [0.15, 0.2) is 42.5 Å². The van der Waals surface area contributed by atoms with Crippen LogP contribution < -0.4 is 4.74 Å². The van der Waals surface area contributed by atoms with E-state index in [0.29, 0.717) is 12.2 Å². The second-order valence-corrected chi connectivity index (χ2v) is 5.61. The van der Waals surface area contributed by atoms with E-state index in [0.717, 1.165) is 18.6 Å². The number of hydrogen-bond acceptors (Lipinski definition) is 2. The molecule has 2 heteroatoms. The molecule has 104 valence electrons. The molecule has 2 aromatic rings. The molecule has 0 radical (unpaired) electrons. The number of Topliss-reactive ketones (excluding diaryl/α,β-unsaturated/α-hetero) is 1. The first-order chi connectivity index (χ1) is 9.69. The molecule has 0 aromatic heterocycles. The maximum atomic E-state index is 11.9. The van der Waals surface area contributed by atoms with Crippen LogP contribution in [0.5, 0.6) is 5.75 Å². The Morgan fingerprint density at radius 2 is 1.80 bits per heavy atom. The van der Waals surface area contributed by atoms with Crippen molar-refractivity contribution >= 4 is 16.6 Å². The highest BCUT2D eigenvalue weighted by Crippen LogP contribution is 2.45. The van der Waals surface area contributed by atoms with Crippen molar-refractivity contribution in [1.82, 2.24) is 0 Å². The fraction of sp³-hybridized carbons (Fsp3) is 0.389. The van der Waals surface area contributed by atoms with Gasteiger partial charge in [0.05, 0.1) is 5.41 Å². The number of fused-ring (bicyclic) bond motifs is 1.